The summed E-state index contributed by atoms with van der Waals surface area (Å²) < 4.78 is 14.1. The third-order valence-electron chi connectivity index (χ3n) is 4.34. The van der Waals surface area contributed by atoms with Crippen molar-refractivity contribution in [3.05, 3.63) is 29.1 Å². The van der Waals surface area contributed by atoms with E-state index in [4.69, 9.17) is 5.73 Å². The van der Waals surface area contributed by atoms with Crippen molar-refractivity contribution in [2.24, 2.45) is 5.73 Å². The van der Waals surface area contributed by atoms with E-state index < -0.39 is 17.3 Å². The maximum Gasteiger partial charge on any atom is 0.254 e. The van der Waals surface area contributed by atoms with Gasteiger partial charge in [-0.05, 0) is 37.0 Å². The number of hydrogen-bond donors (Lipinski definition) is 3. The summed E-state index contributed by atoms with van der Waals surface area (Å²) >= 11 is 0. The second-order valence-corrected chi connectivity index (χ2v) is 5.79. The summed E-state index contributed by atoms with van der Waals surface area (Å²) in [4.78, 5) is 23.5. The molecule has 2 rings (SSSR count). The molecule has 1 aromatic carbocycles. The molecule has 4 N–H and O–H groups in total. The number of benzene rings is 1. The Hall–Kier alpha value is -1.66. The number of halogens is 2. The number of carbonyl (C=O) groups excluding carboxylic acids is 2. The van der Waals surface area contributed by atoms with Crippen molar-refractivity contribution in [3.63, 3.8) is 0 Å². The molecule has 1 heterocycles. The zero-order chi connectivity index (χ0) is 16.3. The third-order valence-corrected chi connectivity index (χ3v) is 4.34. The van der Waals surface area contributed by atoms with Crippen LogP contribution in [-0.4, -0.2) is 23.9 Å². The Morgan fingerprint density at radius 1 is 1.35 bits per heavy atom. The molecule has 7 heteroatoms. The van der Waals surface area contributed by atoms with Crippen LogP contribution in [0.4, 0.5) is 10.1 Å². The fraction of sp³-hybridized carbons (Fsp3) is 0.500. The predicted molar refractivity (Wildman–Crippen MR) is 90.4 cm³/mol. The van der Waals surface area contributed by atoms with Crippen molar-refractivity contribution < 1.29 is 14.0 Å². The van der Waals surface area contributed by atoms with Crippen LogP contribution in [0.1, 0.15) is 49.0 Å². The highest BCUT2D eigenvalue weighted by atomic mass is 35.5. The maximum absolute atomic E-state index is 14.1. The molecule has 2 amide bonds. The molecule has 0 aromatic heterocycles. The van der Waals surface area contributed by atoms with E-state index in [9.17, 15) is 14.0 Å². The fourth-order valence-electron chi connectivity index (χ4n) is 2.43. The van der Waals surface area contributed by atoms with Crippen LogP contribution in [0, 0.1) is 5.82 Å². The number of anilines is 1. The predicted octanol–water partition coefficient (Wildman–Crippen LogP) is 2.38. The van der Waals surface area contributed by atoms with Gasteiger partial charge in [0, 0.05) is 24.2 Å². The highest BCUT2D eigenvalue weighted by molar-refractivity contribution is 5.98. The molecule has 5 nitrogen and oxygen atoms in total. The number of aryl methyl sites for hydroxylation is 1. The maximum atomic E-state index is 14.1. The van der Waals surface area contributed by atoms with Gasteiger partial charge < -0.3 is 16.4 Å². The zero-order valence-electron chi connectivity index (χ0n) is 13.4. The quantitative estimate of drug-likeness (QED) is 0.767. The highest BCUT2D eigenvalue weighted by Gasteiger charge is 2.24. The molecule has 0 saturated carbocycles. The van der Waals surface area contributed by atoms with Crippen molar-refractivity contribution in [2.75, 3.05) is 11.9 Å². The minimum Gasteiger partial charge on any atom is -0.350 e. The van der Waals surface area contributed by atoms with Crippen molar-refractivity contribution in [1.29, 1.82) is 0 Å². The summed E-state index contributed by atoms with van der Waals surface area (Å²) in [6.07, 6.45) is 2.30. The summed E-state index contributed by atoms with van der Waals surface area (Å²) in [6.45, 7) is 4.21. The number of nitrogens with two attached hydrogens (primary N) is 1. The van der Waals surface area contributed by atoms with Crippen LogP contribution in [0.2, 0.25) is 0 Å². The van der Waals surface area contributed by atoms with Gasteiger partial charge in [0.2, 0.25) is 5.91 Å². The molecule has 1 aliphatic heterocycles. The molecule has 0 atom stereocenters. The molecule has 0 spiro atoms. The topological polar surface area (TPSA) is 84.2 Å². The lowest BCUT2D eigenvalue weighted by molar-refractivity contribution is -0.116. The van der Waals surface area contributed by atoms with Crippen LogP contribution >= 0.6 is 12.4 Å². The van der Waals surface area contributed by atoms with Gasteiger partial charge in [0.05, 0.1) is 5.56 Å². The van der Waals surface area contributed by atoms with Gasteiger partial charge in [-0.15, -0.1) is 12.4 Å². The van der Waals surface area contributed by atoms with Crippen LogP contribution in [0.15, 0.2) is 12.1 Å². The number of hydrogen-bond acceptors (Lipinski definition) is 3. The highest BCUT2D eigenvalue weighted by Crippen LogP contribution is 2.26. The van der Waals surface area contributed by atoms with Gasteiger partial charge >= 0.3 is 0 Å². The Morgan fingerprint density at radius 2 is 2.00 bits per heavy atom. The third kappa shape index (κ3) is 4.42. The molecule has 128 valence electrons. The van der Waals surface area contributed by atoms with E-state index in [1.807, 2.05) is 13.8 Å². The van der Waals surface area contributed by atoms with Crippen molar-refractivity contribution in [3.8, 4) is 0 Å². The summed E-state index contributed by atoms with van der Waals surface area (Å²) in [6, 6.07) is 2.71. The molecule has 23 heavy (non-hydrogen) atoms. The average molecular weight is 344 g/mol. The summed E-state index contributed by atoms with van der Waals surface area (Å²) in [5.41, 5.74) is 6.86. The Kier molecular flexibility index (Phi) is 6.53. The molecular formula is C16H23ClFN3O2. The van der Waals surface area contributed by atoms with Crippen LogP contribution in [0.3, 0.4) is 0 Å². The van der Waals surface area contributed by atoms with Crippen molar-refractivity contribution in [1.82, 2.24) is 5.32 Å². The first-order valence-electron chi connectivity index (χ1n) is 7.58. The van der Waals surface area contributed by atoms with E-state index in [-0.39, 0.29) is 23.9 Å². The molecule has 0 aliphatic carbocycles. The fourth-order valence-corrected chi connectivity index (χ4v) is 2.43. The summed E-state index contributed by atoms with van der Waals surface area (Å²) in [5, 5.41) is 5.32. The summed E-state index contributed by atoms with van der Waals surface area (Å²) in [7, 11) is 0. The van der Waals surface area contributed by atoms with Gasteiger partial charge in [-0.25, -0.2) is 4.39 Å². The SMILES string of the molecule is CCC(N)(CC)CNC(=O)c1cc2c(cc1F)NC(=O)CC2.Cl. The van der Waals surface area contributed by atoms with Crippen LogP contribution in [-0.2, 0) is 11.2 Å². The molecule has 1 aliphatic rings. The Morgan fingerprint density at radius 3 is 2.61 bits per heavy atom. The standard InChI is InChI=1S/C16H22FN3O2.ClH/c1-3-16(18,4-2)9-19-15(22)11-7-10-5-6-14(21)20-13(10)8-12(11)17;/h7-8H,3-6,9,18H2,1-2H3,(H,19,22)(H,20,21);1H. The first-order chi connectivity index (χ1) is 10.4. The van der Waals surface area contributed by atoms with Gasteiger partial charge in [-0.1, -0.05) is 13.8 Å². The van der Waals surface area contributed by atoms with E-state index in [0.29, 0.717) is 25.1 Å². The Labute approximate surface area is 141 Å². The largest absolute Gasteiger partial charge is 0.350 e. The smallest absolute Gasteiger partial charge is 0.254 e. The average Bonchev–Trinajstić information content (AvgIpc) is 2.51. The molecule has 0 fully saturated rings. The first kappa shape index (κ1) is 19.4. The summed E-state index contributed by atoms with van der Waals surface area (Å²) in [5.74, 6) is -1.26. The molecule has 1 aromatic rings. The van der Waals surface area contributed by atoms with Crippen LogP contribution in [0.5, 0.6) is 0 Å². The van der Waals surface area contributed by atoms with Gasteiger partial charge in [0.1, 0.15) is 5.82 Å². The lowest BCUT2D eigenvalue weighted by atomic mass is 9.94. The Bertz CT molecular complexity index is 603. The number of amides is 2. The van der Waals surface area contributed by atoms with Gasteiger partial charge in [-0.3, -0.25) is 9.59 Å². The lowest BCUT2D eigenvalue weighted by Crippen LogP contribution is -2.49. The van der Waals surface area contributed by atoms with Crippen molar-refractivity contribution in [2.45, 2.75) is 45.1 Å². The van der Waals surface area contributed by atoms with Gasteiger partial charge in [0.15, 0.2) is 0 Å². The molecular weight excluding hydrogens is 321 g/mol. The van der Waals surface area contributed by atoms with E-state index >= 15 is 0 Å². The normalized spacial score (nSPS) is 13.7. The van der Waals surface area contributed by atoms with E-state index in [1.54, 1.807) is 0 Å². The number of nitrogens with one attached hydrogen (secondary N) is 2. The Balaban J connectivity index is 0.00000264. The number of rotatable bonds is 5. The second-order valence-electron chi connectivity index (χ2n) is 5.79. The van der Waals surface area contributed by atoms with Crippen LogP contribution < -0.4 is 16.4 Å². The molecule has 0 saturated heterocycles. The molecule has 0 radical (unpaired) electrons. The minimum atomic E-state index is -0.644. The minimum absolute atomic E-state index is 0. The van der Waals surface area contributed by atoms with E-state index in [1.165, 1.54) is 12.1 Å². The number of carbonyl (C=O) groups is 2. The van der Waals surface area contributed by atoms with E-state index in [0.717, 1.165) is 18.4 Å². The lowest BCUT2D eigenvalue weighted by Gasteiger charge is -2.27. The first-order valence-corrected chi connectivity index (χ1v) is 7.58. The van der Waals surface area contributed by atoms with Crippen LogP contribution in [0.25, 0.3) is 0 Å². The van der Waals surface area contributed by atoms with Gasteiger partial charge in [0.25, 0.3) is 5.91 Å². The van der Waals surface area contributed by atoms with Crippen molar-refractivity contribution >= 4 is 29.9 Å². The monoisotopic (exact) mass is 343 g/mol. The van der Waals surface area contributed by atoms with E-state index in [2.05, 4.69) is 10.6 Å². The number of fused-ring (bicyclic) bond motifs is 1. The van der Waals surface area contributed by atoms with Gasteiger partial charge in [-0.2, -0.15) is 0 Å². The molecule has 0 unspecified atom stereocenters. The second kappa shape index (κ2) is 7.75. The molecule has 0 bridgehead atoms. The zero-order valence-corrected chi connectivity index (χ0v) is 14.2.